The molecule has 0 unspecified atom stereocenters. The molecule has 0 aromatic heterocycles. The lowest BCUT2D eigenvalue weighted by Crippen LogP contribution is -2.65. The number of ether oxygens (including phenoxy) is 2. The van der Waals surface area contributed by atoms with Crippen LogP contribution in [-0.2, 0) is 71.9 Å². The van der Waals surface area contributed by atoms with Crippen LogP contribution in [0.5, 0.6) is 17.2 Å². The van der Waals surface area contributed by atoms with Crippen LogP contribution in [0.1, 0.15) is 125 Å². The van der Waals surface area contributed by atoms with Gasteiger partial charge in [-0.2, -0.15) is 0 Å². The molecule has 3 aromatic carbocycles. The maximum atomic E-state index is 14.0. The average molecular weight is 1860 g/mol. The summed E-state index contributed by atoms with van der Waals surface area (Å²) >= 11 is 2.07. The smallest absolute Gasteiger partial charge is 0.483 e. The molecule has 38 heteroatoms. The van der Waals surface area contributed by atoms with E-state index >= 15 is 0 Å². The van der Waals surface area contributed by atoms with Gasteiger partial charge in [0, 0.05) is 70.8 Å². The van der Waals surface area contributed by atoms with Gasteiger partial charge >= 0.3 is 19.3 Å². The molecule has 9 aliphatic carbocycles. The molecule has 674 valence electrons. The summed E-state index contributed by atoms with van der Waals surface area (Å²) < 4.78 is 11.5. The van der Waals surface area contributed by atoms with Crippen molar-refractivity contribution in [2.24, 2.45) is 52.7 Å². The number of halogens is 1. The van der Waals surface area contributed by atoms with E-state index in [9.17, 15) is 114 Å². The Bertz CT molecular complexity index is 5520. The van der Waals surface area contributed by atoms with Crippen LogP contribution in [0.25, 0.3) is 28.4 Å². The molecule has 0 bridgehead atoms. The normalized spacial score (nSPS) is 27.6. The molecule has 3 aromatic rings. The summed E-state index contributed by atoms with van der Waals surface area (Å²) in [4.78, 5) is 149. The molecule has 3 heterocycles. The number of hydrogen-bond donors (Lipinski definition) is 18. The standard InChI is InChI=1S/C31H37N3O9.C26H29N3O7.C21H21IN2O7.C10H18BNO4/c1-30(2,3)43-29(41)34-10-8-14(9-11-34)16-6-7-19(35)21-17(16)12-15-13-18-23(33(4)5)25(37)22(28(32)40)27(39)31(18,42)26(38)20(15)24(21)36;1-29(2)20-15-10-12-9-14-13(11-5-7-28-8-6-11)3-4-16(30)18(14)21(31)17(12)23(33)26(15,36)24(34)19(22(20)32)25(27)35;1-24(2)15-9-6-7-5-8-10(22)3-4-11(25)13(8)16(26)12(7)18(28)21(9,31)19(29)14(17(15)27)20(23)30;1-10(2,3)16-9(13)12-6-4-8(5-7-12)11(14)15/h6-8,15,18,23,35-36,39,42H,9-13H2,1-5H3,(H2,32,40);3-5,12,15,20,28,30-31,34,36H,6-10H2,1-2H3,(H2,27,35);3-4,7,9,15,25-26,29,31H,5-6H2,1-2H3,(H2,23,30);4,14-15H,5-7H2,1-3H3/t15-,18-,23-,31-;12-,15-,20-,26-;7-,9-,15-,21-;/m000./s1. The number of carbonyl (C=O) groups is 11. The number of ketones is 6. The van der Waals surface area contributed by atoms with E-state index in [0.717, 1.165) is 38.8 Å². The molecule has 3 saturated carbocycles. The number of nitrogens with zero attached hydrogens (tertiary/aromatic N) is 5. The zero-order valence-corrected chi connectivity index (χ0v) is 73.6. The third-order valence-electron chi connectivity index (χ3n) is 25.6. The fraction of sp³-hybridized carbons (Fsp3) is 0.466. The number of primary amides is 3. The highest BCUT2D eigenvalue weighted by atomic mass is 127. The highest BCUT2D eigenvalue weighted by molar-refractivity contribution is 14.1. The van der Waals surface area contributed by atoms with Crippen LogP contribution in [0.4, 0.5) is 9.59 Å². The van der Waals surface area contributed by atoms with Crippen molar-refractivity contribution in [1.82, 2.24) is 29.8 Å². The Labute approximate surface area is 737 Å². The van der Waals surface area contributed by atoms with Crippen LogP contribution >= 0.6 is 22.6 Å². The first-order valence-corrected chi connectivity index (χ1v) is 42.0. The molecule has 15 rings (SSSR count). The number of amides is 5. The second kappa shape index (κ2) is 34.6. The lowest BCUT2D eigenvalue weighted by molar-refractivity contribution is -0.155. The number of phenolic OH excluding ortho intramolecular Hbond substituents is 3. The van der Waals surface area contributed by atoms with Crippen molar-refractivity contribution < 1.29 is 134 Å². The number of benzene rings is 3. The Balaban J connectivity index is 0.000000160. The van der Waals surface area contributed by atoms with Crippen LogP contribution in [0.3, 0.4) is 0 Å². The number of likely N-dealkylation sites (N-methyl/N-ethyl adjacent to an activating group) is 3. The van der Waals surface area contributed by atoms with Gasteiger partial charge in [0.2, 0.25) is 17.3 Å². The van der Waals surface area contributed by atoms with Gasteiger partial charge in [-0.05, 0) is 257 Å². The van der Waals surface area contributed by atoms with E-state index in [2.05, 4.69) is 27.9 Å². The van der Waals surface area contributed by atoms with Gasteiger partial charge in [-0.1, -0.05) is 30.4 Å². The lowest BCUT2D eigenvalue weighted by Gasteiger charge is -2.50. The fourth-order valence-electron chi connectivity index (χ4n) is 20.0. The molecule has 5 amide bonds. The van der Waals surface area contributed by atoms with Crippen LogP contribution < -0.4 is 22.5 Å². The van der Waals surface area contributed by atoms with E-state index in [1.54, 1.807) is 92.2 Å². The monoisotopic (exact) mass is 1860 g/mol. The predicted molar refractivity (Wildman–Crippen MR) is 462 cm³/mol. The predicted octanol–water partition coefficient (Wildman–Crippen LogP) is 3.46. The fourth-order valence-corrected chi connectivity index (χ4v) is 20.7. The van der Waals surface area contributed by atoms with Gasteiger partial charge < -0.3 is 113 Å². The Morgan fingerprint density at radius 1 is 0.476 bits per heavy atom. The molecule has 0 saturated heterocycles. The molecule has 0 spiro atoms. The summed E-state index contributed by atoms with van der Waals surface area (Å²) in [6, 6.07) is 6.14. The number of aliphatic hydroxyl groups excluding tert-OH is 6. The van der Waals surface area contributed by atoms with Crippen molar-refractivity contribution >= 4 is 123 Å². The molecule has 3 aliphatic heterocycles. The zero-order valence-electron chi connectivity index (χ0n) is 71.5. The lowest BCUT2D eigenvalue weighted by atomic mass is 9.57. The minimum atomic E-state index is -2.69. The molecule has 0 radical (unpaired) electrons. The van der Waals surface area contributed by atoms with Gasteiger partial charge in [-0.3, -0.25) is 57.9 Å². The number of fused-ring (bicyclic) bond motifs is 9. The molecule has 12 atom stereocenters. The molecule has 12 aliphatic rings. The van der Waals surface area contributed by atoms with Crippen molar-refractivity contribution in [3.8, 4) is 17.2 Å². The number of carbonyl (C=O) groups excluding carboxylic acids is 11. The Morgan fingerprint density at radius 2 is 0.802 bits per heavy atom. The number of phenols is 3. The van der Waals surface area contributed by atoms with Crippen molar-refractivity contribution in [3.05, 3.63) is 159 Å². The molecular formula is C88H105BIN9O27. The third-order valence-corrected chi connectivity index (χ3v) is 26.6. The zero-order chi connectivity index (χ0) is 93.2. The SMILES string of the molecule is CC(C)(C)OC(=O)N1CC=C(B(O)O)CC1.CN(C)[C@@H]1C(=O)C(C(N)=O)=C(O)[C@@]2(O)C(=O)C3=C(O)c4c(O)ccc(C5=CCN(C(=O)OC(C)(C)C)CC5)c4C[C@H]3C[C@@H]12.CN(C)[C@@H]1C(=O)C(C(N)=O)=C(O)[C@@]2(O)C(=O)C3=C(O)c4c(O)ccc(C5=CCNCC5)c4C[C@H]3C[C@@H]12.CN(C)[C@@H]1C(=O)C(C(N)=O)=C(O)[C@@]2(O)C(=O)C3=C(O)c4c(O)ccc(I)c4C[C@H]3C[C@@H]12. The number of Topliss-reactive ketones (excluding diaryl/α,β-unsaturated/α-hetero) is 6. The Morgan fingerprint density at radius 3 is 1.10 bits per heavy atom. The Hall–Kier alpha value is -11.1. The van der Waals surface area contributed by atoms with Crippen LogP contribution in [-0.4, -0.2) is 295 Å². The van der Waals surface area contributed by atoms with E-state index in [4.69, 9.17) is 36.7 Å². The Kier molecular flexibility index (Phi) is 25.8. The number of rotatable bonds is 9. The first-order chi connectivity index (χ1) is 58.7. The van der Waals surface area contributed by atoms with Crippen molar-refractivity contribution in [3.63, 3.8) is 0 Å². The summed E-state index contributed by atoms with van der Waals surface area (Å²) in [7, 11) is 7.98. The van der Waals surface area contributed by atoms with Gasteiger partial charge in [0.05, 0.1) is 34.8 Å². The van der Waals surface area contributed by atoms with E-state index < -0.39 is 199 Å². The maximum Gasteiger partial charge on any atom is 0.483 e. The van der Waals surface area contributed by atoms with Crippen LogP contribution in [0.2, 0.25) is 0 Å². The van der Waals surface area contributed by atoms with Crippen molar-refractivity contribution in [2.75, 3.05) is 81.6 Å². The second-order valence-electron chi connectivity index (χ2n) is 36.2. The van der Waals surface area contributed by atoms with Gasteiger partial charge in [-0.15, -0.1) is 0 Å². The summed E-state index contributed by atoms with van der Waals surface area (Å²) in [5, 5.41) is 154. The number of aliphatic hydroxyl groups is 9. The quantitative estimate of drug-likeness (QED) is 0.0828. The maximum absolute atomic E-state index is 14.0. The summed E-state index contributed by atoms with van der Waals surface area (Å²) in [5.74, 6) is -19.8. The first kappa shape index (κ1) is 94.1. The van der Waals surface area contributed by atoms with Crippen molar-refractivity contribution in [1.29, 1.82) is 0 Å². The summed E-state index contributed by atoms with van der Waals surface area (Å²) in [6.07, 6.45) is 7.41. The summed E-state index contributed by atoms with van der Waals surface area (Å²) in [5.41, 5.74) is 10.2. The molecular weight excluding hydrogens is 1750 g/mol. The average Bonchev–Trinajstić information content (AvgIpc) is 0.706. The number of nitrogens with one attached hydrogen (secondary N) is 1. The van der Waals surface area contributed by atoms with Gasteiger partial charge in [0.25, 0.3) is 17.7 Å². The van der Waals surface area contributed by atoms with E-state index in [-0.39, 0.29) is 88.9 Å². The minimum Gasteiger partial charge on any atom is -0.508 e. The molecule has 21 N–H and O–H groups in total. The second-order valence-corrected chi connectivity index (χ2v) is 37.4. The topological polar surface area (TPSA) is 596 Å². The first-order valence-electron chi connectivity index (χ1n) is 40.9. The van der Waals surface area contributed by atoms with Crippen LogP contribution in [0, 0.1) is 39.1 Å². The largest absolute Gasteiger partial charge is 0.508 e. The van der Waals surface area contributed by atoms with Gasteiger partial charge in [0.15, 0.2) is 34.2 Å². The molecule has 36 nitrogen and oxygen atoms in total. The highest BCUT2D eigenvalue weighted by Crippen LogP contribution is 2.58. The van der Waals surface area contributed by atoms with E-state index in [1.165, 1.54) is 37.8 Å². The van der Waals surface area contributed by atoms with Gasteiger partial charge in [-0.25, -0.2) is 9.59 Å². The summed E-state index contributed by atoms with van der Waals surface area (Å²) in [6.45, 7) is 13.8. The number of nitrogens with two attached hydrogens (primary N) is 3. The number of aromatic hydroxyl groups is 3. The third kappa shape index (κ3) is 16.2. The van der Waals surface area contributed by atoms with Crippen molar-refractivity contribution in [2.45, 2.75) is 145 Å². The van der Waals surface area contributed by atoms with Gasteiger partial charge in [0.1, 0.15) is 79.7 Å². The number of hydrogen-bond acceptors (Lipinski definition) is 31. The highest BCUT2D eigenvalue weighted by Gasteiger charge is 2.68. The van der Waals surface area contributed by atoms with E-state index in [1.807, 2.05) is 32.9 Å². The minimum absolute atomic E-state index is 0.00628. The molecule has 126 heavy (non-hydrogen) atoms. The van der Waals surface area contributed by atoms with Crippen LogP contribution in [0.15, 0.2) is 111 Å². The molecule has 3 fully saturated rings. The van der Waals surface area contributed by atoms with E-state index in [0.29, 0.717) is 74.1 Å².